The number of anilines is 2. The summed E-state index contributed by atoms with van der Waals surface area (Å²) in [5.41, 5.74) is 3.46. The van der Waals surface area contributed by atoms with Crippen LogP contribution in [0.3, 0.4) is 0 Å². The first-order valence-corrected chi connectivity index (χ1v) is 7.41. The maximum atomic E-state index is 12.2. The lowest BCUT2D eigenvalue weighted by atomic mass is 10.1. The molecule has 1 aromatic heterocycles. The zero-order valence-electron chi connectivity index (χ0n) is 13.5. The third-order valence-electron chi connectivity index (χ3n) is 3.44. The molecule has 0 atom stereocenters. The van der Waals surface area contributed by atoms with Crippen molar-refractivity contribution in [2.75, 3.05) is 17.2 Å². The summed E-state index contributed by atoms with van der Waals surface area (Å²) in [6.45, 7) is 9.02. The van der Waals surface area contributed by atoms with Crippen LogP contribution in [0.15, 0.2) is 30.6 Å². The minimum absolute atomic E-state index is 0.205. The Morgan fingerprint density at radius 2 is 1.86 bits per heavy atom. The Kier molecular flexibility index (Phi) is 5.09. The largest absolute Gasteiger partial charge is 0.354 e. The molecular weight excluding hydrogens is 276 g/mol. The Balaban J connectivity index is 2.05. The summed E-state index contributed by atoms with van der Waals surface area (Å²) in [7, 11) is 0. The van der Waals surface area contributed by atoms with Gasteiger partial charge >= 0.3 is 0 Å². The molecule has 22 heavy (non-hydrogen) atoms. The first-order chi connectivity index (χ1) is 10.5. The number of hydrogen-bond donors (Lipinski definition) is 2. The minimum Gasteiger partial charge on any atom is -0.354 e. The van der Waals surface area contributed by atoms with E-state index in [0.717, 1.165) is 23.4 Å². The molecule has 5 heteroatoms. The van der Waals surface area contributed by atoms with E-state index in [9.17, 15) is 4.79 Å². The Morgan fingerprint density at radius 1 is 1.18 bits per heavy atom. The second-order valence-corrected chi connectivity index (χ2v) is 5.77. The fourth-order valence-corrected chi connectivity index (χ4v) is 1.91. The van der Waals surface area contributed by atoms with Gasteiger partial charge in [-0.05, 0) is 37.0 Å². The number of amides is 1. The molecule has 2 aromatic rings. The van der Waals surface area contributed by atoms with Crippen LogP contribution in [-0.4, -0.2) is 22.4 Å². The highest BCUT2D eigenvalue weighted by atomic mass is 16.1. The SMILES string of the molecule is Cc1cccc(NC(=O)c2cnc(NCC(C)C)nc2)c1C. The van der Waals surface area contributed by atoms with Gasteiger partial charge in [0.2, 0.25) is 5.95 Å². The summed E-state index contributed by atoms with van der Waals surface area (Å²) in [6.07, 6.45) is 3.08. The van der Waals surface area contributed by atoms with Gasteiger partial charge in [-0.2, -0.15) is 0 Å². The molecule has 1 heterocycles. The summed E-state index contributed by atoms with van der Waals surface area (Å²) in [5, 5.41) is 6.02. The highest BCUT2D eigenvalue weighted by molar-refractivity contribution is 6.04. The van der Waals surface area contributed by atoms with Crippen LogP contribution in [0.5, 0.6) is 0 Å². The topological polar surface area (TPSA) is 66.9 Å². The Labute approximate surface area is 131 Å². The minimum atomic E-state index is -0.205. The van der Waals surface area contributed by atoms with E-state index in [4.69, 9.17) is 0 Å². The summed E-state index contributed by atoms with van der Waals surface area (Å²) in [4.78, 5) is 20.6. The molecule has 0 aliphatic carbocycles. The van der Waals surface area contributed by atoms with Crippen LogP contribution in [0, 0.1) is 19.8 Å². The standard InChI is InChI=1S/C17H22N4O/c1-11(2)8-18-17-19-9-14(10-20-17)16(22)21-15-7-5-6-12(3)13(15)4/h5-7,9-11H,8H2,1-4H3,(H,21,22)(H,18,19,20). The van der Waals surface area contributed by atoms with Crippen molar-refractivity contribution in [3.05, 3.63) is 47.3 Å². The van der Waals surface area contributed by atoms with Crippen LogP contribution in [-0.2, 0) is 0 Å². The number of benzene rings is 1. The van der Waals surface area contributed by atoms with Crippen molar-refractivity contribution in [3.8, 4) is 0 Å². The fraction of sp³-hybridized carbons (Fsp3) is 0.353. The highest BCUT2D eigenvalue weighted by Gasteiger charge is 2.10. The van der Waals surface area contributed by atoms with Gasteiger partial charge in [0.15, 0.2) is 0 Å². The van der Waals surface area contributed by atoms with Gasteiger partial charge in [0.1, 0.15) is 0 Å². The molecule has 5 nitrogen and oxygen atoms in total. The van der Waals surface area contributed by atoms with Gasteiger partial charge in [-0.1, -0.05) is 26.0 Å². The number of nitrogens with one attached hydrogen (secondary N) is 2. The molecule has 0 aliphatic rings. The third-order valence-corrected chi connectivity index (χ3v) is 3.44. The number of carbonyl (C=O) groups excluding carboxylic acids is 1. The fourth-order valence-electron chi connectivity index (χ4n) is 1.91. The zero-order chi connectivity index (χ0) is 16.1. The molecular formula is C17H22N4O. The van der Waals surface area contributed by atoms with Crippen LogP contribution >= 0.6 is 0 Å². The molecule has 0 spiro atoms. The van der Waals surface area contributed by atoms with Crippen molar-refractivity contribution < 1.29 is 4.79 Å². The summed E-state index contributed by atoms with van der Waals surface area (Å²) >= 11 is 0. The van der Waals surface area contributed by atoms with E-state index >= 15 is 0 Å². The van der Waals surface area contributed by atoms with Gasteiger partial charge in [0.05, 0.1) is 5.56 Å². The zero-order valence-corrected chi connectivity index (χ0v) is 13.5. The second kappa shape index (κ2) is 7.02. The van der Waals surface area contributed by atoms with Crippen LogP contribution < -0.4 is 10.6 Å². The number of carbonyl (C=O) groups is 1. The lowest BCUT2D eigenvalue weighted by molar-refractivity contribution is 0.102. The number of rotatable bonds is 5. The lowest BCUT2D eigenvalue weighted by Gasteiger charge is -2.10. The van der Waals surface area contributed by atoms with Crippen molar-refractivity contribution in [3.63, 3.8) is 0 Å². The molecule has 1 aromatic carbocycles. The first kappa shape index (κ1) is 15.9. The molecule has 2 rings (SSSR count). The average molecular weight is 298 g/mol. The van der Waals surface area contributed by atoms with Crippen LogP contribution in [0.2, 0.25) is 0 Å². The molecule has 0 saturated heterocycles. The van der Waals surface area contributed by atoms with E-state index in [1.165, 1.54) is 12.4 Å². The van der Waals surface area contributed by atoms with E-state index in [0.29, 0.717) is 17.4 Å². The predicted molar refractivity (Wildman–Crippen MR) is 89.2 cm³/mol. The Morgan fingerprint density at radius 3 is 2.50 bits per heavy atom. The number of hydrogen-bond acceptors (Lipinski definition) is 4. The molecule has 116 valence electrons. The highest BCUT2D eigenvalue weighted by Crippen LogP contribution is 2.18. The molecule has 0 fully saturated rings. The van der Waals surface area contributed by atoms with Gasteiger partial charge in [0, 0.05) is 24.6 Å². The Bertz CT molecular complexity index is 650. The lowest BCUT2D eigenvalue weighted by Crippen LogP contribution is -2.15. The van der Waals surface area contributed by atoms with E-state index in [1.807, 2.05) is 32.0 Å². The van der Waals surface area contributed by atoms with E-state index in [2.05, 4.69) is 34.4 Å². The predicted octanol–water partition coefficient (Wildman–Crippen LogP) is 3.41. The molecule has 0 saturated carbocycles. The van der Waals surface area contributed by atoms with Gasteiger partial charge in [-0.25, -0.2) is 9.97 Å². The third kappa shape index (κ3) is 4.04. The molecule has 0 radical (unpaired) electrons. The second-order valence-electron chi connectivity index (χ2n) is 5.77. The Hall–Kier alpha value is -2.43. The molecule has 2 N–H and O–H groups in total. The maximum Gasteiger partial charge on any atom is 0.258 e. The van der Waals surface area contributed by atoms with Gasteiger partial charge < -0.3 is 10.6 Å². The maximum absolute atomic E-state index is 12.2. The quantitative estimate of drug-likeness (QED) is 0.887. The molecule has 0 bridgehead atoms. The first-order valence-electron chi connectivity index (χ1n) is 7.41. The average Bonchev–Trinajstić information content (AvgIpc) is 2.50. The smallest absolute Gasteiger partial charge is 0.258 e. The van der Waals surface area contributed by atoms with E-state index in [-0.39, 0.29) is 5.91 Å². The van der Waals surface area contributed by atoms with E-state index in [1.54, 1.807) is 0 Å². The summed E-state index contributed by atoms with van der Waals surface area (Å²) < 4.78 is 0. The number of nitrogens with zero attached hydrogens (tertiary/aromatic N) is 2. The molecule has 0 aliphatic heterocycles. The van der Waals surface area contributed by atoms with Crippen LogP contribution in [0.4, 0.5) is 11.6 Å². The summed E-state index contributed by atoms with van der Waals surface area (Å²) in [6, 6.07) is 5.83. The van der Waals surface area contributed by atoms with Gasteiger partial charge in [-0.15, -0.1) is 0 Å². The molecule has 1 amide bonds. The van der Waals surface area contributed by atoms with Crippen molar-refractivity contribution in [1.82, 2.24) is 9.97 Å². The van der Waals surface area contributed by atoms with Gasteiger partial charge in [-0.3, -0.25) is 4.79 Å². The van der Waals surface area contributed by atoms with Crippen LogP contribution in [0.1, 0.15) is 35.3 Å². The van der Waals surface area contributed by atoms with Crippen molar-refractivity contribution in [1.29, 1.82) is 0 Å². The normalized spacial score (nSPS) is 10.6. The van der Waals surface area contributed by atoms with Crippen molar-refractivity contribution in [2.45, 2.75) is 27.7 Å². The number of aryl methyl sites for hydroxylation is 1. The van der Waals surface area contributed by atoms with Crippen molar-refractivity contribution in [2.24, 2.45) is 5.92 Å². The van der Waals surface area contributed by atoms with Gasteiger partial charge in [0.25, 0.3) is 5.91 Å². The van der Waals surface area contributed by atoms with Crippen molar-refractivity contribution >= 4 is 17.5 Å². The molecule has 0 unspecified atom stereocenters. The summed E-state index contributed by atoms with van der Waals surface area (Å²) in [5.74, 6) is 0.844. The van der Waals surface area contributed by atoms with Crippen LogP contribution in [0.25, 0.3) is 0 Å². The van der Waals surface area contributed by atoms with E-state index < -0.39 is 0 Å². The number of aromatic nitrogens is 2. The monoisotopic (exact) mass is 298 g/mol.